The zero-order valence-electron chi connectivity index (χ0n) is 12.7. The van der Waals surface area contributed by atoms with Crippen molar-refractivity contribution in [2.45, 2.75) is 25.9 Å². The molecule has 0 unspecified atom stereocenters. The number of alkyl halides is 1. The number of nitrogens with two attached hydrogens (primary N) is 1. The number of anilines is 1. The molecule has 1 heterocycles. The highest BCUT2D eigenvalue weighted by Gasteiger charge is 2.21. The maximum atomic E-state index is 13.6. The van der Waals surface area contributed by atoms with Gasteiger partial charge in [0.2, 0.25) is 0 Å². The molecule has 1 aromatic rings. The molecule has 1 aromatic carbocycles. The Labute approximate surface area is 131 Å². The Morgan fingerprint density at radius 2 is 2.00 bits per heavy atom. The van der Waals surface area contributed by atoms with Gasteiger partial charge in [0.25, 0.3) is 0 Å². The van der Waals surface area contributed by atoms with Crippen molar-refractivity contribution in [2.75, 3.05) is 44.2 Å². The van der Waals surface area contributed by atoms with Crippen LogP contribution < -0.4 is 10.6 Å². The Morgan fingerprint density at radius 3 is 2.62 bits per heavy atom. The molecule has 5 heteroatoms. The van der Waals surface area contributed by atoms with Gasteiger partial charge in [0.05, 0.1) is 10.7 Å². The number of benzene rings is 1. The van der Waals surface area contributed by atoms with Gasteiger partial charge in [-0.15, -0.1) is 0 Å². The summed E-state index contributed by atoms with van der Waals surface area (Å²) in [5, 5.41) is 0.861. The Morgan fingerprint density at radius 1 is 1.29 bits per heavy atom. The van der Waals surface area contributed by atoms with Gasteiger partial charge in [-0.25, -0.2) is 4.39 Å². The Kier molecular flexibility index (Phi) is 6.27. The number of hydrogen-bond donors (Lipinski definition) is 1. The summed E-state index contributed by atoms with van der Waals surface area (Å²) >= 11 is 6.48. The zero-order chi connectivity index (χ0) is 15.2. The average Bonchev–Trinajstić information content (AvgIpc) is 2.49. The highest BCUT2D eigenvalue weighted by atomic mass is 35.5. The van der Waals surface area contributed by atoms with Crippen LogP contribution in [-0.4, -0.2) is 50.3 Å². The Bertz CT molecular complexity index is 447. The molecule has 2 N–H and O–H groups in total. The molecular formula is C16H25ClFN3. The molecule has 1 fully saturated rings. The van der Waals surface area contributed by atoms with Crippen LogP contribution in [0.25, 0.3) is 0 Å². The monoisotopic (exact) mass is 313 g/mol. The van der Waals surface area contributed by atoms with E-state index in [1.165, 1.54) is 5.56 Å². The van der Waals surface area contributed by atoms with Crippen molar-refractivity contribution in [3.05, 3.63) is 28.8 Å². The lowest BCUT2D eigenvalue weighted by Crippen LogP contribution is -2.48. The van der Waals surface area contributed by atoms with Crippen molar-refractivity contribution in [3.63, 3.8) is 0 Å². The van der Waals surface area contributed by atoms with Gasteiger partial charge in [0.15, 0.2) is 0 Å². The van der Waals surface area contributed by atoms with Gasteiger partial charge in [0.1, 0.15) is 6.17 Å². The van der Waals surface area contributed by atoms with E-state index in [1.807, 2.05) is 0 Å². The molecule has 2 rings (SSSR count). The molecule has 21 heavy (non-hydrogen) atoms. The molecule has 1 aliphatic rings. The van der Waals surface area contributed by atoms with Crippen molar-refractivity contribution in [3.8, 4) is 0 Å². The third kappa shape index (κ3) is 4.31. The van der Waals surface area contributed by atoms with Crippen molar-refractivity contribution in [2.24, 2.45) is 5.73 Å². The number of hydrogen-bond acceptors (Lipinski definition) is 3. The van der Waals surface area contributed by atoms with E-state index in [2.05, 4.69) is 34.9 Å². The molecule has 118 valence electrons. The van der Waals surface area contributed by atoms with Gasteiger partial charge in [-0.3, -0.25) is 4.90 Å². The third-order valence-electron chi connectivity index (χ3n) is 4.09. The zero-order valence-corrected chi connectivity index (χ0v) is 13.4. The maximum Gasteiger partial charge on any atom is 0.114 e. The van der Waals surface area contributed by atoms with E-state index in [0.29, 0.717) is 19.5 Å². The second-order valence-electron chi connectivity index (χ2n) is 5.57. The average molecular weight is 314 g/mol. The topological polar surface area (TPSA) is 32.5 Å². The van der Waals surface area contributed by atoms with Crippen molar-refractivity contribution < 1.29 is 4.39 Å². The fraction of sp³-hybridized carbons (Fsp3) is 0.625. The predicted molar refractivity (Wildman–Crippen MR) is 88.1 cm³/mol. The molecule has 0 radical (unpaired) electrons. The molecule has 1 aliphatic heterocycles. The van der Waals surface area contributed by atoms with Crippen molar-refractivity contribution in [1.29, 1.82) is 0 Å². The third-order valence-corrected chi connectivity index (χ3v) is 4.52. The molecule has 0 amide bonds. The highest BCUT2D eigenvalue weighted by Crippen LogP contribution is 2.30. The molecule has 0 aromatic heterocycles. The minimum atomic E-state index is -0.812. The van der Waals surface area contributed by atoms with E-state index in [9.17, 15) is 4.39 Å². The second kappa shape index (κ2) is 7.97. The minimum absolute atomic E-state index is 0.417. The van der Waals surface area contributed by atoms with Crippen LogP contribution >= 0.6 is 11.6 Å². The Hall–Kier alpha value is -0.840. The van der Waals surface area contributed by atoms with E-state index < -0.39 is 6.17 Å². The Balaban J connectivity index is 1.92. The number of rotatable bonds is 6. The van der Waals surface area contributed by atoms with Crippen LogP contribution in [0.2, 0.25) is 5.02 Å². The van der Waals surface area contributed by atoms with Gasteiger partial charge in [-0.1, -0.05) is 30.7 Å². The molecule has 0 saturated carbocycles. The van der Waals surface area contributed by atoms with Gasteiger partial charge in [-0.2, -0.15) is 0 Å². The van der Waals surface area contributed by atoms with Gasteiger partial charge >= 0.3 is 0 Å². The van der Waals surface area contributed by atoms with Crippen LogP contribution in [0.3, 0.4) is 0 Å². The summed E-state index contributed by atoms with van der Waals surface area (Å²) in [7, 11) is 0. The first-order valence-electron chi connectivity index (χ1n) is 7.74. The van der Waals surface area contributed by atoms with Crippen LogP contribution in [0.5, 0.6) is 0 Å². The van der Waals surface area contributed by atoms with E-state index in [-0.39, 0.29) is 0 Å². The normalized spacial score (nSPS) is 18.0. The molecule has 1 saturated heterocycles. The van der Waals surface area contributed by atoms with Crippen LogP contribution in [0.15, 0.2) is 18.2 Å². The number of halogens is 2. The van der Waals surface area contributed by atoms with E-state index in [1.54, 1.807) is 0 Å². The summed E-state index contributed by atoms with van der Waals surface area (Å²) in [6.07, 6.45) is 0.577. The van der Waals surface area contributed by atoms with E-state index in [0.717, 1.165) is 43.3 Å². The lowest BCUT2D eigenvalue weighted by molar-refractivity contribution is 0.178. The molecule has 0 bridgehead atoms. The number of nitrogens with zero attached hydrogens (tertiary/aromatic N) is 2. The first-order valence-corrected chi connectivity index (χ1v) is 8.12. The van der Waals surface area contributed by atoms with Crippen molar-refractivity contribution in [1.82, 2.24) is 4.90 Å². The summed E-state index contributed by atoms with van der Waals surface area (Å²) in [5.74, 6) is 0. The van der Waals surface area contributed by atoms with Crippen LogP contribution in [-0.2, 0) is 6.42 Å². The SMILES string of the molecule is CCc1cccc(N2CCN(C[C@H](F)CCN)CC2)c1Cl. The molecule has 3 nitrogen and oxygen atoms in total. The molecule has 0 spiro atoms. The fourth-order valence-corrected chi connectivity index (χ4v) is 3.19. The fourth-order valence-electron chi connectivity index (χ4n) is 2.81. The second-order valence-corrected chi connectivity index (χ2v) is 5.94. The maximum absolute atomic E-state index is 13.6. The highest BCUT2D eigenvalue weighted by molar-refractivity contribution is 6.34. The van der Waals surface area contributed by atoms with Gasteiger partial charge in [0, 0.05) is 32.7 Å². The summed E-state index contributed by atoms with van der Waals surface area (Å²) in [5.41, 5.74) is 7.68. The lowest BCUT2D eigenvalue weighted by Gasteiger charge is -2.37. The quantitative estimate of drug-likeness (QED) is 0.876. The molecular weight excluding hydrogens is 289 g/mol. The van der Waals surface area contributed by atoms with Crippen LogP contribution in [0.1, 0.15) is 18.9 Å². The summed E-state index contributed by atoms with van der Waals surface area (Å²) < 4.78 is 13.6. The number of piperazine rings is 1. The first-order chi connectivity index (χ1) is 10.2. The summed E-state index contributed by atoms with van der Waals surface area (Å²) in [4.78, 5) is 4.47. The summed E-state index contributed by atoms with van der Waals surface area (Å²) in [6, 6.07) is 6.21. The predicted octanol–water partition coefficient (Wildman–Crippen LogP) is 2.71. The first kappa shape index (κ1) is 16.5. The van der Waals surface area contributed by atoms with E-state index >= 15 is 0 Å². The molecule has 1 atom stereocenters. The summed E-state index contributed by atoms with van der Waals surface area (Å²) in [6.45, 7) is 6.55. The minimum Gasteiger partial charge on any atom is -0.368 e. The molecule has 0 aliphatic carbocycles. The van der Waals surface area contributed by atoms with Crippen molar-refractivity contribution >= 4 is 17.3 Å². The van der Waals surface area contributed by atoms with Gasteiger partial charge < -0.3 is 10.6 Å². The van der Waals surface area contributed by atoms with Crippen LogP contribution in [0, 0.1) is 0 Å². The van der Waals surface area contributed by atoms with Gasteiger partial charge in [-0.05, 0) is 31.0 Å². The van der Waals surface area contributed by atoms with Crippen LogP contribution in [0.4, 0.5) is 10.1 Å². The largest absolute Gasteiger partial charge is 0.368 e. The number of aryl methyl sites for hydroxylation is 1. The van der Waals surface area contributed by atoms with E-state index in [4.69, 9.17) is 17.3 Å². The lowest BCUT2D eigenvalue weighted by atomic mass is 10.1. The standard InChI is InChI=1S/C16H25ClFN3/c1-2-13-4-3-5-15(16(13)17)21-10-8-20(9-11-21)12-14(18)6-7-19/h3-5,14H,2,6-12,19H2,1H3/t14-/m1/s1. The smallest absolute Gasteiger partial charge is 0.114 e.